The van der Waals surface area contributed by atoms with Gasteiger partial charge in [-0.3, -0.25) is 9.59 Å². The fraction of sp³-hybridized carbons (Fsp3) is 0.857. The quantitative estimate of drug-likeness (QED) is 0.745. The molecule has 1 heterocycles. The molecule has 1 saturated heterocycles. The van der Waals surface area contributed by atoms with Gasteiger partial charge in [0.15, 0.2) is 0 Å². The van der Waals surface area contributed by atoms with Gasteiger partial charge in [-0.1, -0.05) is 20.3 Å². The molecule has 2 amide bonds. The summed E-state index contributed by atoms with van der Waals surface area (Å²) in [6, 6.07) is -0.609. The molecule has 2 unspecified atom stereocenters. The summed E-state index contributed by atoms with van der Waals surface area (Å²) < 4.78 is 0. The van der Waals surface area contributed by atoms with E-state index >= 15 is 0 Å². The molecule has 0 saturated carbocycles. The zero-order chi connectivity index (χ0) is 14.4. The average Bonchev–Trinajstić information content (AvgIpc) is 2.35. The van der Waals surface area contributed by atoms with Crippen molar-refractivity contribution in [1.29, 1.82) is 0 Å². The fourth-order valence-electron chi connectivity index (χ4n) is 2.54. The molecule has 5 heteroatoms. The average molecular weight is 269 g/mol. The summed E-state index contributed by atoms with van der Waals surface area (Å²) in [5, 5.41) is 2.86. The summed E-state index contributed by atoms with van der Waals surface area (Å²) in [6.45, 7) is 5.59. The van der Waals surface area contributed by atoms with Crippen molar-refractivity contribution < 1.29 is 9.59 Å². The van der Waals surface area contributed by atoms with Gasteiger partial charge in [0.2, 0.25) is 11.8 Å². The van der Waals surface area contributed by atoms with Gasteiger partial charge in [-0.25, -0.2) is 0 Å². The van der Waals surface area contributed by atoms with Crippen LogP contribution in [-0.4, -0.2) is 60.9 Å². The minimum atomic E-state index is -0.320. The number of nitrogens with one attached hydrogen (secondary N) is 1. The molecular weight excluding hydrogens is 242 g/mol. The number of amides is 2. The lowest BCUT2D eigenvalue weighted by Crippen LogP contribution is -2.63. The maximum atomic E-state index is 12.4. The van der Waals surface area contributed by atoms with E-state index < -0.39 is 0 Å². The van der Waals surface area contributed by atoms with E-state index in [9.17, 15) is 9.59 Å². The monoisotopic (exact) mass is 269 g/mol. The Kier molecular flexibility index (Phi) is 6.28. The molecule has 110 valence electrons. The van der Waals surface area contributed by atoms with Crippen molar-refractivity contribution >= 4 is 11.8 Å². The SMILES string of the molecule is CCCC1NC(=O)C(CC)N(CCCN(C)C)C1=O. The topological polar surface area (TPSA) is 52.7 Å². The van der Waals surface area contributed by atoms with E-state index in [-0.39, 0.29) is 23.9 Å². The Hall–Kier alpha value is -1.10. The lowest BCUT2D eigenvalue weighted by atomic mass is 10.0. The number of carbonyl (C=O) groups excluding carboxylic acids is 2. The Balaban J connectivity index is 2.69. The third-order valence-electron chi connectivity index (χ3n) is 3.54. The highest BCUT2D eigenvalue weighted by molar-refractivity contribution is 5.96. The number of rotatable bonds is 7. The Morgan fingerprint density at radius 2 is 1.95 bits per heavy atom. The first kappa shape index (κ1) is 16.0. The smallest absolute Gasteiger partial charge is 0.245 e. The first-order valence-corrected chi connectivity index (χ1v) is 7.26. The van der Waals surface area contributed by atoms with Crippen molar-refractivity contribution in [2.45, 2.75) is 51.6 Å². The molecule has 0 aromatic carbocycles. The van der Waals surface area contributed by atoms with Crippen LogP contribution in [0.5, 0.6) is 0 Å². The van der Waals surface area contributed by atoms with Gasteiger partial charge in [0, 0.05) is 6.54 Å². The molecule has 1 N–H and O–H groups in total. The van der Waals surface area contributed by atoms with Crippen molar-refractivity contribution in [2.24, 2.45) is 0 Å². The fourth-order valence-corrected chi connectivity index (χ4v) is 2.54. The van der Waals surface area contributed by atoms with Crippen molar-refractivity contribution in [3.05, 3.63) is 0 Å². The maximum absolute atomic E-state index is 12.4. The Morgan fingerprint density at radius 1 is 1.26 bits per heavy atom. The molecule has 5 nitrogen and oxygen atoms in total. The molecule has 1 aliphatic heterocycles. The summed E-state index contributed by atoms with van der Waals surface area (Å²) in [6.07, 6.45) is 3.21. The van der Waals surface area contributed by atoms with Gasteiger partial charge in [0.05, 0.1) is 0 Å². The second kappa shape index (κ2) is 7.48. The highest BCUT2D eigenvalue weighted by atomic mass is 16.2. The van der Waals surface area contributed by atoms with E-state index in [2.05, 4.69) is 10.2 Å². The second-order valence-corrected chi connectivity index (χ2v) is 5.46. The predicted octanol–water partition coefficient (Wildman–Crippen LogP) is 0.844. The van der Waals surface area contributed by atoms with Crippen LogP contribution in [0, 0.1) is 0 Å². The molecule has 0 spiro atoms. The first-order chi connectivity index (χ1) is 9.01. The van der Waals surface area contributed by atoms with E-state index in [1.54, 1.807) is 4.90 Å². The molecule has 2 atom stereocenters. The third kappa shape index (κ3) is 4.20. The Bertz CT molecular complexity index is 318. The molecule has 19 heavy (non-hydrogen) atoms. The minimum absolute atomic E-state index is 0.00500. The minimum Gasteiger partial charge on any atom is -0.343 e. The Morgan fingerprint density at radius 3 is 2.47 bits per heavy atom. The normalized spacial score (nSPS) is 23.9. The Labute approximate surface area is 116 Å². The van der Waals surface area contributed by atoms with Crippen molar-refractivity contribution in [3.63, 3.8) is 0 Å². The van der Waals surface area contributed by atoms with E-state index in [1.807, 2.05) is 27.9 Å². The highest BCUT2D eigenvalue weighted by Gasteiger charge is 2.38. The zero-order valence-corrected chi connectivity index (χ0v) is 12.6. The number of hydrogen-bond donors (Lipinski definition) is 1. The standard InChI is InChI=1S/C14H27N3O2/c1-5-8-11-14(19)17(10-7-9-16(3)4)12(6-2)13(18)15-11/h11-12H,5-10H2,1-4H3,(H,15,18). The molecule has 0 aromatic heterocycles. The summed E-state index contributed by atoms with van der Waals surface area (Å²) in [5.74, 6) is 0.0949. The summed E-state index contributed by atoms with van der Waals surface area (Å²) >= 11 is 0. The van der Waals surface area contributed by atoms with Crippen LogP contribution in [-0.2, 0) is 9.59 Å². The van der Waals surface area contributed by atoms with Crippen LogP contribution in [0.3, 0.4) is 0 Å². The molecular formula is C14H27N3O2. The van der Waals surface area contributed by atoms with Crippen LogP contribution in [0.25, 0.3) is 0 Å². The summed E-state index contributed by atoms with van der Waals surface area (Å²) in [5.41, 5.74) is 0. The number of piperazine rings is 1. The van der Waals surface area contributed by atoms with Crippen LogP contribution in [0.1, 0.15) is 39.5 Å². The van der Waals surface area contributed by atoms with E-state index in [4.69, 9.17) is 0 Å². The highest BCUT2D eigenvalue weighted by Crippen LogP contribution is 2.16. The molecule has 1 rings (SSSR count). The van der Waals surface area contributed by atoms with Gasteiger partial charge in [0.1, 0.15) is 12.1 Å². The second-order valence-electron chi connectivity index (χ2n) is 5.46. The van der Waals surface area contributed by atoms with E-state index in [0.717, 1.165) is 25.8 Å². The van der Waals surface area contributed by atoms with E-state index in [1.165, 1.54) is 0 Å². The van der Waals surface area contributed by atoms with Crippen LogP contribution in [0.15, 0.2) is 0 Å². The zero-order valence-electron chi connectivity index (χ0n) is 12.6. The molecule has 0 bridgehead atoms. The van der Waals surface area contributed by atoms with Gasteiger partial charge >= 0.3 is 0 Å². The largest absolute Gasteiger partial charge is 0.343 e. The molecule has 1 aliphatic rings. The van der Waals surface area contributed by atoms with Crippen LogP contribution in [0.4, 0.5) is 0 Å². The predicted molar refractivity (Wildman–Crippen MR) is 75.8 cm³/mol. The molecule has 1 fully saturated rings. The number of hydrogen-bond acceptors (Lipinski definition) is 3. The molecule has 0 aromatic rings. The van der Waals surface area contributed by atoms with Crippen molar-refractivity contribution in [3.8, 4) is 0 Å². The summed E-state index contributed by atoms with van der Waals surface area (Å²) in [4.78, 5) is 28.3. The van der Waals surface area contributed by atoms with Crippen LogP contribution >= 0.6 is 0 Å². The lowest BCUT2D eigenvalue weighted by molar-refractivity contribution is -0.149. The van der Waals surface area contributed by atoms with Gasteiger partial charge in [-0.15, -0.1) is 0 Å². The first-order valence-electron chi connectivity index (χ1n) is 7.26. The summed E-state index contributed by atoms with van der Waals surface area (Å²) in [7, 11) is 4.03. The molecule has 0 aliphatic carbocycles. The van der Waals surface area contributed by atoms with Crippen molar-refractivity contribution in [2.75, 3.05) is 27.2 Å². The van der Waals surface area contributed by atoms with Gasteiger partial charge < -0.3 is 15.1 Å². The molecule has 0 radical (unpaired) electrons. The lowest BCUT2D eigenvalue weighted by Gasteiger charge is -2.38. The van der Waals surface area contributed by atoms with E-state index in [0.29, 0.717) is 13.0 Å². The maximum Gasteiger partial charge on any atom is 0.245 e. The van der Waals surface area contributed by atoms with Gasteiger partial charge in [-0.2, -0.15) is 0 Å². The van der Waals surface area contributed by atoms with Crippen molar-refractivity contribution in [1.82, 2.24) is 15.1 Å². The van der Waals surface area contributed by atoms with Gasteiger partial charge in [-0.05, 0) is 39.9 Å². The van der Waals surface area contributed by atoms with Crippen LogP contribution in [0.2, 0.25) is 0 Å². The van der Waals surface area contributed by atoms with Crippen LogP contribution < -0.4 is 5.32 Å². The third-order valence-corrected chi connectivity index (χ3v) is 3.54. The number of nitrogens with zero attached hydrogens (tertiary/aromatic N) is 2. The number of carbonyl (C=O) groups is 2. The van der Waals surface area contributed by atoms with Gasteiger partial charge in [0.25, 0.3) is 0 Å².